The van der Waals surface area contributed by atoms with Crippen LogP contribution < -0.4 is 10.1 Å². The molecule has 1 aromatic heterocycles. The van der Waals surface area contributed by atoms with Gasteiger partial charge < -0.3 is 10.1 Å². The molecule has 0 atom stereocenters. The second-order valence-electron chi connectivity index (χ2n) is 2.06. The molecule has 0 unspecified atom stereocenters. The molecule has 0 radical (unpaired) electrons. The van der Waals surface area contributed by atoms with Crippen molar-refractivity contribution in [3.05, 3.63) is 17.7 Å². The molecule has 12 heavy (non-hydrogen) atoms. The van der Waals surface area contributed by atoms with E-state index < -0.39 is 11.6 Å². The highest BCUT2D eigenvalue weighted by Gasteiger charge is 2.10. The van der Waals surface area contributed by atoms with Crippen molar-refractivity contribution in [2.24, 2.45) is 0 Å². The molecule has 1 aromatic rings. The van der Waals surface area contributed by atoms with Crippen molar-refractivity contribution in [2.75, 3.05) is 19.5 Å². The monoisotopic (exact) mass is 174 g/mol. The number of nitrogens with one attached hydrogen (secondary N) is 1. The summed E-state index contributed by atoms with van der Waals surface area (Å²) in [4.78, 5) is 3.53. The van der Waals surface area contributed by atoms with E-state index in [4.69, 9.17) is 0 Å². The highest BCUT2D eigenvalue weighted by atomic mass is 19.1. The molecule has 1 N–H and O–H groups in total. The first-order valence-corrected chi connectivity index (χ1v) is 3.26. The van der Waals surface area contributed by atoms with Crippen LogP contribution >= 0.6 is 0 Å². The summed E-state index contributed by atoms with van der Waals surface area (Å²) < 4.78 is 30.0. The minimum absolute atomic E-state index is 0.0340. The van der Waals surface area contributed by atoms with Gasteiger partial charge in [0.15, 0.2) is 17.5 Å². The average Bonchev–Trinajstić information content (AvgIpc) is 2.05. The van der Waals surface area contributed by atoms with Crippen molar-refractivity contribution in [2.45, 2.75) is 0 Å². The lowest BCUT2D eigenvalue weighted by molar-refractivity contribution is 0.366. The smallest absolute Gasteiger partial charge is 0.252 e. The summed E-state index contributed by atoms with van der Waals surface area (Å²) in [6, 6.07) is 0.720. The van der Waals surface area contributed by atoms with Crippen molar-refractivity contribution in [1.82, 2.24) is 4.98 Å². The van der Waals surface area contributed by atoms with Crippen LogP contribution in [0.15, 0.2) is 6.07 Å². The van der Waals surface area contributed by atoms with Crippen LogP contribution in [0.2, 0.25) is 0 Å². The minimum atomic E-state index is -0.811. The molecule has 0 saturated carbocycles. The number of nitrogens with zero attached hydrogens (tertiary/aromatic N) is 1. The quantitative estimate of drug-likeness (QED) is 0.736. The molecule has 0 bridgehead atoms. The maximum atomic E-state index is 12.7. The normalized spacial score (nSPS) is 9.67. The Bertz CT molecular complexity index is 266. The molecule has 66 valence electrons. The van der Waals surface area contributed by atoms with E-state index in [2.05, 4.69) is 15.0 Å². The van der Waals surface area contributed by atoms with Gasteiger partial charge in [-0.25, -0.2) is 8.78 Å². The van der Waals surface area contributed by atoms with Gasteiger partial charge in [-0.1, -0.05) is 0 Å². The van der Waals surface area contributed by atoms with Gasteiger partial charge in [0, 0.05) is 13.1 Å². The van der Waals surface area contributed by atoms with E-state index >= 15 is 0 Å². The molecule has 0 fully saturated rings. The predicted octanol–water partition coefficient (Wildman–Crippen LogP) is 1.41. The van der Waals surface area contributed by atoms with Gasteiger partial charge in [-0.05, 0) is 0 Å². The highest BCUT2D eigenvalue weighted by molar-refractivity contribution is 5.38. The van der Waals surface area contributed by atoms with Crippen LogP contribution in [0.3, 0.4) is 0 Å². The van der Waals surface area contributed by atoms with E-state index in [-0.39, 0.29) is 11.7 Å². The Balaban J connectivity index is 3.18. The Morgan fingerprint density at radius 1 is 1.42 bits per heavy atom. The fraction of sp³-hybridized carbons (Fsp3) is 0.286. The summed E-state index contributed by atoms with van der Waals surface area (Å²) in [5, 5.41) is 2.46. The Hall–Kier alpha value is -1.39. The van der Waals surface area contributed by atoms with E-state index in [1.54, 1.807) is 0 Å². The zero-order valence-corrected chi connectivity index (χ0v) is 6.69. The van der Waals surface area contributed by atoms with Crippen molar-refractivity contribution < 1.29 is 13.5 Å². The third kappa shape index (κ3) is 1.44. The van der Waals surface area contributed by atoms with Crippen LogP contribution in [0.1, 0.15) is 0 Å². The van der Waals surface area contributed by atoms with Crippen molar-refractivity contribution >= 4 is 5.82 Å². The summed E-state index contributed by atoms with van der Waals surface area (Å²) >= 11 is 0. The van der Waals surface area contributed by atoms with Crippen molar-refractivity contribution in [3.63, 3.8) is 0 Å². The van der Waals surface area contributed by atoms with Gasteiger partial charge in [0.05, 0.1) is 7.11 Å². The third-order valence-corrected chi connectivity index (χ3v) is 1.33. The van der Waals surface area contributed by atoms with Gasteiger partial charge in [-0.15, -0.1) is 0 Å². The van der Waals surface area contributed by atoms with Crippen LogP contribution in [0.25, 0.3) is 0 Å². The predicted molar refractivity (Wildman–Crippen MR) is 40.3 cm³/mol. The largest absolute Gasteiger partial charge is 0.479 e. The molecular formula is C7H8F2N2O. The molecule has 5 heteroatoms. The summed E-state index contributed by atoms with van der Waals surface area (Å²) in [6.45, 7) is 0. The van der Waals surface area contributed by atoms with Gasteiger partial charge in [0.25, 0.3) is 5.88 Å². The molecule has 0 aliphatic heterocycles. The van der Waals surface area contributed by atoms with Gasteiger partial charge in [-0.2, -0.15) is 4.98 Å². The Labute approximate surface area is 68.4 Å². The van der Waals surface area contributed by atoms with Crippen LogP contribution in [-0.2, 0) is 0 Å². The first-order valence-electron chi connectivity index (χ1n) is 3.26. The first kappa shape index (κ1) is 8.70. The van der Waals surface area contributed by atoms with Crippen molar-refractivity contribution in [3.8, 4) is 5.88 Å². The standard InChI is InChI=1S/C7H8F2N2O/c1-10-6-4(8)3-5(9)7(11-6)12-2/h3H,1-2H3,(H,10,11). The molecule has 0 aliphatic rings. The van der Waals surface area contributed by atoms with E-state index in [9.17, 15) is 8.78 Å². The molecule has 0 aliphatic carbocycles. The minimum Gasteiger partial charge on any atom is -0.479 e. The molecule has 0 spiro atoms. The molecule has 0 aromatic carbocycles. The van der Waals surface area contributed by atoms with Gasteiger partial charge in [-0.3, -0.25) is 0 Å². The van der Waals surface area contributed by atoms with E-state index in [1.165, 1.54) is 14.2 Å². The molecule has 0 amide bonds. The Morgan fingerprint density at radius 2 is 2.08 bits per heavy atom. The summed E-state index contributed by atoms with van der Waals surface area (Å²) in [5.41, 5.74) is 0. The maximum absolute atomic E-state index is 12.7. The van der Waals surface area contributed by atoms with E-state index in [0.717, 1.165) is 6.07 Å². The molecule has 0 saturated heterocycles. The lowest BCUT2D eigenvalue weighted by Gasteiger charge is -2.04. The van der Waals surface area contributed by atoms with Crippen LogP contribution in [-0.4, -0.2) is 19.1 Å². The number of anilines is 1. The number of methoxy groups -OCH3 is 1. The Kier molecular flexibility index (Phi) is 2.42. The van der Waals surface area contributed by atoms with Crippen LogP contribution in [0, 0.1) is 11.6 Å². The van der Waals surface area contributed by atoms with E-state index in [1.807, 2.05) is 0 Å². The maximum Gasteiger partial charge on any atom is 0.252 e. The number of ether oxygens (including phenoxy) is 1. The number of pyridine rings is 1. The number of halogens is 2. The zero-order valence-electron chi connectivity index (χ0n) is 6.69. The van der Waals surface area contributed by atoms with Gasteiger partial charge in [0.2, 0.25) is 0 Å². The SMILES string of the molecule is CNc1nc(OC)c(F)cc1F. The van der Waals surface area contributed by atoms with E-state index in [0.29, 0.717) is 0 Å². The summed E-state index contributed by atoms with van der Waals surface area (Å²) in [5.74, 6) is -1.81. The van der Waals surface area contributed by atoms with Crippen molar-refractivity contribution in [1.29, 1.82) is 0 Å². The molecule has 1 heterocycles. The molecular weight excluding hydrogens is 166 g/mol. The lowest BCUT2D eigenvalue weighted by atomic mass is 10.4. The van der Waals surface area contributed by atoms with Gasteiger partial charge in [0.1, 0.15) is 0 Å². The second-order valence-corrected chi connectivity index (χ2v) is 2.06. The summed E-state index contributed by atoms with van der Waals surface area (Å²) in [6.07, 6.45) is 0. The fourth-order valence-corrected chi connectivity index (χ4v) is 0.768. The number of hydrogen-bond acceptors (Lipinski definition) is 3. The number of aromatic nitrogens is 1. The zero-order chi connectivity index (χ0) is 9.14. The average molecular weight is 174 g/mol. The van der Waals surface area contributed by atoms with Crippen LogP contribution in [0.4, 0.5) is 14.6 Å². The topological polar surface area (TPSA) is 34.2 Å². The Morgan fingerprint density at radius 3 is 2.58 bits per heavy atom. The lowest BCUT2D eigenvalue weighted by Crippen LogP contribution is -2.00. The molecule has 3 nitrogen and oxygen atoms in total. The second kappa shape index (κ2) is 3.34. The van der Waals surface area contributed by atoms with Gasteiger partial charge >= 0.3 is 0 Å². The molecule has 1 rings (SSSR count). The fourth-order valence-electron chi connectivity index (χ4n) is 0.768. The van der Waals surface area contributed by atoms with Crippen LogP contribution in [0.5, 0.6) is 5.88 Å². The number of hydrogen-bond donors (Lipinski definition) is 1. The highest BCUT2D eigenvalue weighted by Crippen LogP contribution is 2.19. The number of rotatable bonds is 2. The third-order valence-electron chi connectivity index (χ3n) is 1.33. The first-order chi connectivity index (χ1) is 5.69. The summed E-state index contributed by atoms with van der Waals surface area (Å²) in [7, 11) is 2.76.